The molecule has 1 aromatic carbocycles. The van der Waals surface area contributed by atoms with Gasteiger partial charge in [0.05, 0.1) is 12.8 Å². The van der Waals surface area contributed by atoms with Crippen LogP contribution in [0.2, 0.25) is 0 Å². The SMILES string of the molecule is CCN(Cc1cccc(-c2ccco2)c1)Cc1noc(C2CC2)n1. The summed E-state index contributed by atoms with van der Waals surface area (Å²) in [4.78, 5) is 6.83. The number of aromatic nitrogens is 2. The van der Waals surface area contributed by atoms with Gasteiger partial charge in [-0.2, -0.15) is 4.98 Å². The minimum Gasteiger partial charge on any atom is -0.464 e. The minimum absolute atomic E-state index is 0.506. The van der Waals surface area contributed by atoms with Crippen molar-refractivity contribution in [1.82, 2.24) is 15.0 Å². The normalized spacial score (nSPS) is 14.4. The van der Waals surface area contributed by atoms with Gasteiger partial charge >= 0.3 is 0 Å². The Balaban J connectivity index is 1.44. The van der Waals surface area contributed by atoms with Crippen molar-refractivity contribution in [2.24, 2.45) is 0 Å². The molecule has 0 unspecified atom stereocenters. The summed E-state index contributed by atoms with van der Waals surface area (Å²) in [6.45, 7) is 4.63. The van der Waals surface area contributed by atoms with Crippen molar-refractivity contribution in [1.29, 1.82) is 0 Å². The molecule has 1 aliphatic rings. The van der Waals surface area contributed by atoms with E-state index >= 15 is 0 Å². The Morgan fingerprint density at radius 1 is 1.17 bits per heavy atom. The van der Waals surface area contributed by atoms with Gasteiger partial charge in [0.25, 0.3) is 0 Å². The number of furan rings is 1. The third-order valence-electron chi connectivity index (χ3n) is 4.36. The number of rotatable bonds is 7. The molecular weight excluding hydrogens is 302 g/mol. The monoisotopic (exact) mass is 323 g/mol. The Hall–Kier alpha value is -2.40. The van der Waals surface area contributed by atoms with Gasteiger partial charge < -0.3 is 8.94 Å². The van der Waals surface area contributed by atoms with Gasteiger partial charge in [0, 0.05) is 18.0 Å². The van der Waals surface area contributed by atoms with Crippen molar-refractivity contribution in [3.8, 4) is 11.3 Å². The second-order valence-corrected chi connectivity index (χ2v) is 6.30. The first-order chi connectivity index (χ1) is 11.8. The Morgan fingerprint density at radius 3 is 2.83 bits per heavy atom. The van der Waals surface area contributed by atoms with Gasteiger partial charge in [-0.05, 0) is 43.1 Å². The van der Waals surface area contributed by atoms with E-state index in [1.807, 2.05) is 12.1 Å². The molecule has 0 saturated heterocycles. The molecule has 24 heavy (non-hydrogen) atoms. The van der Waals surface area contributed by atoms with Crippen LogP contribution in [0.1, 0.15) is 43.0 Å². The highest BCUT2D eigenvalue weighted by molar-refractivity contribution is 5.58. The van der Waals surface area contributed by atoms with Crippen molar-refractivity contribution >= 4 is 0 Å². The van der Waals surface area contributed by atoms with E-state index < -0.39 is 0 Å². The first-order valence-electron chi connectivity index (χ1n) is 8.49. The van der Waals surface area contributed by atoms with E-state index in [0.29, 0.717) is 12.5 Å². The fourth-order valence-corrected chi connectivity index (χ4v) is 2.83. The molecule has 1 saturated carbocycles. The van der Waals surface area contributed by atoms with Crippen molar-refractivity contribution in [3.05, 3.63) is 59.9 Å². The highest BCUT2D eigenvalue weighted by Gasteiger charge is 2.29. The van der Waals surface area contributed by atoms with Crippen molar-refractivity contribution in [2.75, 3.05) is 6.54 Å². The molecule has 0 bridgehead atoms. The van der Waals surface area contributed by atoms with Crippen LogP contribution in [0.4, 0.5) is 0 Å². The zero-order valence-electron chi connectivity index (χ0n) is 13.8. The highest BCUT2D eigenvalue weighted by atomic mass is 16.5. The van der Waals surface area contributed by atoms with Crippen LogP contribution in [0.25, 0.3) is 11.3 Å². The molecule has 0 radical (unpaired) electrons. The average Bonchev–Trinajstić information content (AvgIpc) is 3.12. The van der Waals surface area contributed by atoms with Gasteiger partial charge in [-0.25, -0.2) is 0 Å². The smallest absolute Gasteiger partial charge is 0.229 e. The van der Waals surface area contributed by atoms with E-state index in [1.54, 1.807) is 6.26 Å². The summed E-state index contributed by atoms with van der Waals surface area (Å²) in [5.74, 6) is 2.99. The molecule has 2 aromatic heterocycles. The first-order valence-corrected chi connectivity index (χ1v) is 8.49. The van der Waals surface area contributed by atoms with E-state index in [-0.39, 0.29) is 0 Å². The molecule has 4 rings (SSSR count). The molecule has 1 aliphatic carbocycles. The summed E-state index contributed by atoms with van der Waals surface area (Å²) in [5.41, 5.74) is 2.35. The van der Waals surface area contributed by atoms with Gasteiger partial charge in [0.15, 0.2) is 5.82 Å². The van der Waals surface area contributed by atoms with E-state index in [9.17, 15) is 0 Å². The number of nitrogens with zero attached hydrogens (tertiary/aromatic N) is 3. The number of benzene rings is 1. The second-order valence-electron chi connectivity index (χ2n) is 6.30. The maximum Gasteiger partial charge on any atom is 0.229 e. The summed E-state index contributed by atoms with van der Waals surface area (Å²) in [6, 6.07) is 12.3. The largest absolute Gasteiger partial charge is 0.464 e. The molecule has 0 amide bonds. The second kappa shape index (κ2) is 6.61. The zero-order valence-corrected chi connectivity index (χ0v) is 13.8. The van der Waals surface area contributed by atoms with E-state index in [2.05, 4.69) is 46.2 Å². The molecule has 2 heterocycles. The first kappa shape index (κ1) is 15.1. The third kappa shape index (κ3) is 3.41. The Kier molecular flexibility index (Phi) is 4.17. The van der Waals surface area contributed by atoms with E-state index in [1.165, 1.54) is 18.4 Å². The van der Waals surface area contributed by atoms with Crippen molar-refractivity contribution in [2.45, 2.75) is 38.8 Å². The summed E-state index contributed by atoms with van der Waals surface area (Å²) < 4.78 is 10.8. The summed E-state index contributed by atoms with van der Waals surface area (Å²) in [6.07, 6.45) is 4.06. The molecule has 0 N–H and O–H groups in total. The lowest BCUT2D eigenvalue weighted by Gasteiger charge is -2.18. The lowest BCUT2D eigenvalue weighted by Crippen LogP contribution is -2.23. The fourth-order valence-electron chi connectivity index (χ4n) is 2.83. The fraction of sp³-hybridized carbons (Fsp3) is 0.368. The Labute approximate surface area is 141 Å². The molecule has 0 atom stereocenters. The highest BCUT2D eigenvalue weighted by Crippen LogP contribution is 2.38. The van der Waals surface area contributed by atoms with Gasteiger partial charge in [-0.1, -0.05) is 30.3 Å². The minimum atomic E-state index is 0.506. The van der Waals surface area contributed by atoms with Crippen LogP contribution < -0.4 is 0 Å². The van der Waals surface area contributed by atoms with E-state index in [0.717, 1.165) is 36.1 Å². The predicted molar refractivity (Wildman–Crippen MR) is 90.2 cm³/mol. The molecule has 0 aliphatic heterocycles. The standard InChI is InChI=1S/C19H21N3O2/c1-2-22(13-18-20-19(24-21-18)15-8-9-15)12-14-5-3-6-16(11-14)17-7-4-10-23-17/h3-7,10-11,15H,2,8-9,12-13H2,1H3. The predicted octanol–water partition coefficient (Wildman–Crippen LogP) is 4.23. The third-order valence-corrected chi connectivity index (χ3v) is 4.36. The number of hydrogen-bond donors (Lipinski definition) is 0. The summed E-state index contributed by atoms with van der Waals surface area (Å²) in [5, 5.41) is 4.12. The van der Waals surface area contributed by atoms with Gasteiger partial charge in [0.2, 0.25) is 5.89 Å². The topological polar surface area (TPSA) is 55.3 Å². The summed E-state index contributed by atoms with van der Waals surface area (Å²) >= 11 is 0. The van der Waals surface area contributed by atoms with Gasteiger partial charge in [-0.15, -0.1) is 0 Å². The lowest BCUT2D eigenvalue weighted by atomic mass is 10.1. The molecule has 3 aromatic rings. The average molecular weight is 323 g/mol. The van der Waals surface area contributed by atoms with Crippen molar-refractivity contribution in [3.63, 3.8) is 0 Å². The van der Waals surface area contributed by atoms with E-state index in [4.69, 9.17) is 8.94 Å². The Morgan fingerprint density at radius 2 is 2.08 bits per heavy atom. The van der Waals surface area contributed by atoms with Crippen LogP contribution in [0.15, 0.2) is 51.6 Å². The maximum atomic E-state index is 5.49. The van der Waals surface area contributed by atoms with Crippen LogP contribution >= 0.6 is 0 Å². The molecule has 0 spiro atoms. The lowest BCUT2D eigenvalue weighted by molar-refractivity contribution is 0.258. The molecule has 5 nitrogen and oxygen atoms in total. The number of hydrogen-bond acceptors (Lipinski definition) is 5. The van der Waals surface area contributed by atoms with Crippen LogP contribution in [-0.4, -0.2) is 21.6 Å². The maximum absolute atomic E-state index is 5.49. The molecule has 124 valence electrons. The van der Waals surface area contributed by atoms with Crippen LogP contribution in [0, 0.1) is 0 Å². The quantitative estimate of drug-likeness (QED) is 0.651. The molecular formula is C19H21N3O2. The molecule has 1 fully saturated rings. The van der Waals surface area contributed by atoms with Gasteiger partial charge in [0.1, 0.15) is 5.76 Å². The Bertz CT molecular complexity index is 791. The van der Waals surface area contributed by atoms with Crippen LogP contribution in [0.5, 0.6) is 0 Å². The summed E-state index contributed by atoms with van der Waals surface area (Å²) in [7, 11) is 0. The zero-order chi connectivity index (χ0) is 16.4. The van der Waals surface area contributed by atoms with Crippen LogP contribution in [-0.2, 0) is 13.1 Å². The molecule has 5 heteroatoms. The van der Waals surface area contributed by atoms with Crippen LogP contribution in [0.3, 0.4) is 0 Å². The van der Waals surface area contributed by atoms with Crippen molar-refractivity contribution < 1.29 is 8.94 Å². The van der Waals surface area contributed by atoms with Gasteiger partial charge in [-0.3, -0.25) is 4.90 Å².